The highest BCUT2D eigenvalue weighted by Crippen LogP contribution is 2.19. The second kappa shape index (κ2) is 6.84. The summed E-state index contributed by atoms with van der Waals surface area (Å²) in [5.41, 5.74) is 2.20. The molecular formula is C12H14Cl2O3. The van der Waals surface area contributed by atoms with E-state index in [1.807, 2.05) is 6.07 Å². The predicted molar refractivity (Wildman–Crippen MR) is 67.9 cm³/mol. The zero-order valence-corrected chi connectivity index (χ0v) is 10.7. The van der Waals surface area contributed by atoms with Gasteiger partial charge in [-0.3, -0.25) is 0 Å². The summed E-state index contributed by atoms with van der Waals surface area (Å²) in [6.45, 7) is 0. The molecule has 1 unspecified atom stereocenters. The van der Waals surface area contributed by atoms with Crippen molar-refractivity contribution in [1.82, 2.24) is 0 Å². The highest BCUT2D eigenvalue weighted by Gasteiger charge is 2.17. The number of aliphatic hydroxyl groups excluding tert-OH is 1. The lowest BCUT2D eigenvalue weighted by molar-refractivity contribution is -0.146. The van der Waals surface area contributed by atoms with E-state index in [0.717, 1.165) is 11.1 Å². The van der Waals surface area contributed by atoms with Gasteiger partial charge < -0.3 is 10.2 Å². The maximum atomic E-state index is 10.7. The van der Waals surface area contributed by atoms with Crippen molar-refractivity contribution in [2.75, 3.05) is 11.8 Å². The number of benzene rings is 1. The van der Waals surface area contributed by atoms with Gasteiger partial charge in [-0.1, -0.05) is 18.2 Å². The molecule has 0 aliphatic heterocycles. The van der Waals surface area contributed by atoms with Crippen LogP contribution in [0.25, 0.3) is 0 Å². The van der Waals surface area contributed by atoms with Crippen molar-refractivity contribution >= 4 is 29.2 Å². The molecule has 3 nitrogen and oxygen atoms in total. The molecule has 0 saturated heterocycles. The van der Waals surface area contributed by atoms with E-state index in [1.54, 1.807) is 12.1 Å². The molecule has 17 heavy (non-hydrogen) atoms. The molecule has 0 aromatic heterocycles. The maximum absolute atomic E-state index is 10.7. The monoisotopic (exact) mass is 276 g/mol. The van der Waals surface area contributed by atoms with Gasteiger partial charge in [0.2, 0.25) is 0 Å². The summed E-state index contributed by atoms with van der Waals surface area (Å²) in [6.07, 6.45) is -0.229. The standard InChI is InChI=1S/C12H14Cl2O3/c13-3-1-8-5-9(2-4-14)7-10(6-8)11(15)12(16)17/h5-7,11,15H,1-4H2,(H,16,17). The molecule has 0 amide bonds. The van der Waals surface area contributed by atoms with Crippen molar-refractivity contribution in [3.8, 4) is 0 Å². The minimum absolute atomic E-state index is 0.375. The molecule has 5 heteroatoms. The Morgan fingerprint density at radius 2 is 1.59 bits per heavy atom. The van der Waals surface area contributed by atoms with E-state index in [2.05, 4.69) is 0 Å². The third-order valence-corrected chi connectivity index (χ3v) is 2.77. The van der Waals surface area contributed by atoms with E-state index in [-0.39, 0.29) is 0 Å². The average Bonchev–Trinajstić information content (AvgIpc) is 2.28. The van der Waals surface area contributed by atoms with Gasteiger partial charge in [0.05, 0.1) is 0 Å². The number of aliphatic carboxylic acids is 1. The van der Waals surface area contributed by atoms with E-state index in [9.17, 15) is 9.90 Å². The zero-order chi connectivity index (χ0) is 12.8. The Kier molecular flexibility index (Phi) is 5.75. The second-order valence-electron chi connectivity index (χ2n) is 3.70. The third kappa shape index (κ3) is 4.19. The summed E-state index contributed by atoms with van der Waals surface area (Å²) in [5.74, 6) is -0.357. The van der Waals surface area contributed by atoms with Gasteiger partial charge in [0.25, 0.3) is 0 Å². The van der Waals surface area contributed by atoms with Crippen LogP contribution in [0.1, 0.15) is 22.8 Å². The zero-order valence-electron chi connectivity index (χ0n) is 9.20. The topological polar surface area (TPSA) is 57.5 Å². The number of hydrogen-bond acceptors (Lipinski definition) is 2. The van der Waals surface area contributed by atoms with Gasteiger partial charge in [0.1, 0.15) is 0 Å². The lowest BCUT2D eigenvalue weighted by Crippen LogP contribution is -2.11. The van der Waals surface area contributed by atoms with E-state index in [1.165, 1.54) is 0 Å². The van der Waals surface area contributed by atoms with Crippen LogP contribution in [0.2, 0.25) is 0 Å². The Morgan fingerprint density at radius 3 is 1.94 bits per heavy atom. The number of rotatable bonds is 6. The maximum Gasteiger partial charge on any atom is 0.337 e. The van der Waals surface area contributed by atoms with Crippen molar-refractivity contribution in [3.05, 3.63) is 34.9 Å². The number of carboxylic acid groups (broad SMARTS) is 1. The Labute approximate surface area is 110 Å². The molecule has 2 N–H and O–H groups in total. The molecule has 1 atom stereocenters. The molecule has 0 heterocycles. The van der Waals surface area contributed by atoms with Gasteiger partial charge in [-0.25, -0.2) is 4.79 Å². The van der Waals surface area contributed by atoms with Crippen LogP contribution in [0.5, 0.6) is 0 Å². The summed E-state index contributed by atoms with van der Waals surface area (Å²) >= 11 is 11.3. The van der Waals surface area contributed by atoms with Crippen LogP contribution in [-0.2, 0) is 17.6 Å². The Hall–Kier alpha value is -0.770. The third-order valence-electron chi connectivity index (χ3n) is 2.39. The predicted octanol–water partition coefficient (Wildman–Crippen LogP) is 2.37. The molecule has 0 aliphatic carbocycles. The van der Waals surface area contributed by atoms with Crippen LogP contribution < -0.4 is 0 Å². The summed E-state index contributed by atoms with van der Waals surface area (Å²) in [7, 11) is 0. The van der Waals surface area contributed by atoms with Crippen LogP contribution >= 0.6 is 23.2 Å². The molecular weight excluding hydrogens is 263 g/mol. The van der Waals surface area contributed by atoms with Crippen LogP contribution in [0, 0.1) is 0 Å². The van der Waals surface area contributed by atoms with Crippen molar-refractivity contribution in [3.63, 3.8) is 0 Å². The minimum Gasteiger partial charge on any atom is -0.479 e. The minimum atomic E-state index is -1.50. The molecule has 94 valence electrons. The van der Waals surface area contributed by atoms with Gasteiger partial charge in [-0.15, -0.1) is 23.2 Å². The molecule has 0 radical (unpaired) electrons. The van der Waals surface area contributed by atoms with Crippen LogP contribution in [0.15, 0.2) is 18.2 Å². The van der Waals surface area contributed by atoms with E-state index < -0.39 is 12.1 Å². The Bertz CT molecular complexity index is 369. The quantitative estimate of drug-likeness (QED) is 0.785. The first-order valence-corrected chi connectivity index (χ1v) is 6.31. The van der Waals surface area contributed by atoms with Crippen molar-refractivity contribution < 1.29 is 15.0 Å². The van der Waals surface area contributed by atoms with Crippen LogP contribution in [0.4, 0.5) is 0 Å². The second-order valence-corrected chi connectivity index (χ2v) is 4.46. The Balaban J connectivity index is 3.06. The molecule has 0 aliphatic rings. The highest BCUT2D eigenvalue weighted by atomic mass is 35.5. The van der Waals surface area contributed by atoms with Crippen molar-refractivity contribution in [1.29, 1.82) is 0 Å². The van der Waals surface area contributed by atoms with Crippen molar-refractivity contribution in [2.24, 2.45) is 0 Å². The molecule has 1 aromatic rings. The fourth-order valence-electron chi connectivity index (χ4n) is 1.60. The van der Waals surface area contributed by atoms with Crippen molar-refractivity contribution in [2.45, 2.75) is 18.9 Å². The average molecular weight is 277 g/mol. The van der Waals surface area contributed by atoms with Gasteiger partial charge in [0, 0.05) is 11.8 Å². The first-order valence-electron chi connectivity index (χ1n) is 5.24. The van der Waals surface area contributed by atoms with Gasteiger partial charge in [-0.05, 0) is 29.5 Å². The fraction of sp³-hybridized carbons (Fsp3) is 0.417. The number of alkyl halides is 2. The Morgan fingerprint density at radius 1 is 1.12 bits per heavy atom. The number of hydrogen-bond donors (Lipinski definition) is 2. The molecule has 0 fully saturated rings. The molecule has 1 rings (SSSR count). The number of aliphatic hydroxyl groups is 1. The SMILES string of the molecule is O=C(O)C(O)c1cc(CCCl)cc(CCCl)c1. The summed E-state index contributed by atoms with van der Waals surface area (Å²) in [4.78, 5) is 10.7. The summed E-state index contributed by atoms with van der Waals surface area (Å²) in [6, 6.07) is 5.26. The van der Waals surface area contributed by atoms with Gasteiger partial charge in [0.15, 0.2) is 6.10 Å². The number of carbonyl (C=O) groups is 1. The number of aryl methyl sites for hydroxylation is 2. The van der Waals surface area contributed by atoms with E-state index in [0.29, 0.717) is 30.2 Å². The van der Waals surface area contributed by atoms with E-state index >= 15 is 0 Å². The van der Waals surface area contributed by atoms with Crippen LogP contribution in [0.3, 0.4) is 0 Å². The lowest BCUT2D eigenvalue weighted by atomic mass is 9.99. The molecule has 0 bridgehead atoms. The summed E-state index contributed by atoms with van der Waals surface area (Å²) in [5, 5.41) is 18.3. The van der Waals surface area contributed by atoms with Gasteiger partial charge in [-0.2, -0.15) is 0 Å². The number of halogens is 2. The normalized spacial score (nSPS) is 12.4. The smallest absolute Gasteiger partial charge is 0.337 e. The first-order chi connectivity index (χ1) is 8.08. The molecule has 0 saturated carbocycles. The first kappa shape index (κ1) is 14.3. The highest BCUT2D eigenvalue weighted by molar-refractivity contribution is 6.18. The summed E-state index contributed by atoms with van der Waals surface area (Å²) < 4.78 is 0. The fourth-order valence-corrected chi connectivity index (χ4v) is 2.04. The number of carboxylic acids is 1. The lowest BCUT2D eigenvalue weighted by Gasteiger charge is -2.11. The van der Waals surface area contributed by atoms with E-state index in [4.69, 9.17) is 28.3 Å². The molecule has 0 spiro atoms. The molecule has 1 aromatic carbocycles. The van der Waals surface area contributed by atoms with Crippen LogP contribution in [-0.4, -0.2) is 27.9 Å². The van der Waals surface area contributed by atoms with Gasteiger partial charge >= 0.3 is 5.97 Å². The largest absolute Gasteiger partial charge is 0.479 e.